The molecule has 0 radical (unpaired) electrons. The molecule has 3 nitrogen and oxygen atoms in total. The molecule has 0 fully saturated rings. The Morgan fingerprint density at radius 2 is 1.94 bits per heavy atom. The van der Waals surface area contributed by atoms with Crippen LogP contribution in [0.3, 0.4) is 0 Å². The highest BCUT2D eigenvalue weighted by atomic mass is 35.5. The number of nitrogens with zero attached hydrogens (tertiary/aromatic N) is 1. The van der Waals surface area contributed by atoms with Crippen molar-refractivity contribution in [3.8, 4) is 5.75 Å². The van der Waals surface area contributed by atoms with Gasteiger partial charge < -0.3 is 9.30 Å². The SMILES string of the molecule is COc1cccn(Cc2ccc(Cl)cc2)c1=O. The van der Waals surface area contributed by atoms with Crippen molar-refractivity contribution in [3.05, 3.63) is 63.5 Å². The molecule has 1 heterocycles. The summed E-state index contributed by atoms with van der Waals surface area (Å²) in [6.45, 7) is 0.507. The lowest BCUT2D eigenvalue weighted by Crippen LogP contribution is -2.20. The number of benzene rings is 1. The minimum Gasteiger partial charge on any atom is -0.491 e. The first-order chi connectivity index (χ1) is 8.20. The minimum atomic E-state index is -0.134. The molecule has 2 rings (SSSR count). The zero-order valence-corrected chi connectivity index (χ0v) is 10.1. The molecule has 88 valence electrons. The van der Waals surface area contributed by atoms with Crippen LogP contribution in [-0.2, 0) is 6.54 Å². The molecule has 0 aliphatic carbocycles. The number of methoxy groups -OCH3 is 1. The lowest BCUT2D eigenvalue weighted by atomic mass is 10.2. The molecule has 0 saturated heterocycles. The summed E-state index contributed by atoms with van der Waals surface area (Å²) in [5.74, 6) is 0.349. The van der Waals surface area contributed by atoms with Gasteiger partial charge in [0.2, 0.25) is 0 Å². The van der Waals surface area contributed by atoms with Crippen molar-refractivity contribution in [2.45, 2.75) is 6.54 Å². The van der Waals surface area contributed by atoms with Gasteiger partial charge in [0.25, 0.3) is 5.56 Å². The molecule has 0 aliphatic rings. The highest BCUT2D eigenvalue weighted by molar-refractivity contribution is 6.30. The van der Waals surface area contributed by atoms with Crippen LogP contribution in [0.5, 0.6) is 5.75 Å². The maximum Gasteiger partial charge on any atom is 0.293 e. The van der Waals surface area contributed by atoms with E-state index in [1.54, 1.807) is 22.9 Å². The molecule has 17 heavy (non-hydrogen) atoms. The Bertz CT molecular complexity index is 560. The fourth-order valence-electron chi connectivity index (χ4n) is 1.58. The van der Waals surface area contributed by atoms with E-state index in [-0.39, 0.29) is 5.56 Å². The Balaban J connectivity index is 2.30. The Kier molecular flexibility index (Phi) is 3.49. The lowest BCUT2D eigenvalue weighted by Gasteiger charge is -2.07. The van der Waals surface area contributed by atoms with Gasteiger partial charge in [0.15, 0.2) is 5.75 Å². The zero-order chi connectivity index (χ0) is 12.3. The number of rotatable bonds is 3. The molecule has 0 amide bonds. The second-order valence-corrected chi connectivity index (χ2v) is 4.07. The predicted molar refractivity (Wildman–Crippen MR) is 67.8 cm³/mol. The van der Waals surface area contributed by atoms with Gasteiger partial charge in [-0.05, 0) is 29.8 Å². The van der Waals surface area contributed by atoms with Crippen LogP contribution >= 0.6 is 11.6 Å². The van der Waals surface area contributed by atoms with Crippen LogP contribution in [-0.4, -0.2) is 11.7 Å². The average Bonchev–Trinajstić information content (AvgIpc) is 2.35. The van der Waals surface area contributed by atoms with Gasteiger partial charge in [-0.15, -0.1) is 0 Å². The Labute approximate surface area is 104 Å². The van der Waals surface area contributed by atoms with Gasteiger partial charge >= 0.3 is 0 Å². The van der Waals surface area contributed by atoms with E-state index < -0.39 is 0 Å². The largest absolute Gasteiger partial charge is 0.491 e. The first-order valence-corrected chi connectivity index (χ1v) is 5.56. The second-order valence-electron chi connectivity index (χ2n) is 3.64. The molecule has 0 bridgehead atoms. The molecule has 4 heteroatoms. The van der Waals surface area contributed by atoms with E-state index in [9.17, 15) is 4.79 Å². The first-order valence-electron chi connectivity index (χ1n) is 5.18. The summed E-state index contributed by atoms with van der Waals surface area (Å²) in [7, 11) is 1.49. The first kappa shape index (κ1) is 11.7. The van der Waals surface area contributed by atoms with Crippen molar-refractivity contribution in [2.75, 3.05) is 7.11 Å². The minimum absolute atomic E-state index is 0.134. The molecular formula is C13H12ClNO2. The van der Waals surface area contributed by atoms with Crippen LogP contribution in [0.2, 0.25) is 5.02 Å². The third kappa shape index (κ3) is 2.68. The van der Waals surface area contributed by atoms with Crippen LogP contribution in [0.4, 0.5) is 0 Å². The quantitative estimate of drug-likeness (QED) is 0.837. The van der Waals surface area contributed by atoms with Gasteiger partial charge in [-0.1, -0.05) is 23.7 Å². The second kappa shape index (κ2) is 5.06. The van der Waals surface area contributed by atoms with Crippen LogP contribution in [0.15, 0.2) is 47.4 Å². The van der Waals surface area contributed by atoms with Crippen molar-refractivity contribution in [3.63, 3.8) is 0 Å². The predicted octanol–water partition coefficient (Wildman–Crippen LogP) is 2.56. The van der Waals surface area contributed by atoms with Gasteiger partial charge in [0.05, 0.1) is 13.7 Å². The van der Waals surface area contributed by atoms with Gasteiger partial charge in [-0.3, -0.25) is 4.79 Å². The number of halogens is 1. The van der Waals surface area contributed by atoms with Crippen molar-refractivity contribution >= 4 is 11.6 Å². The molecule has 0 aliphatic heterocycles. The summed E-state index contributed by atoms with van der Waals surface area (Å²) < 4.78 is 6.59. The normalized spacial score (nSPS) is 10.2. The van der Waals surface area contributed by atoms with Crippen LogP contribution < -0.4 is 10.3 Å². The molecule has 0 atom stereocenters. The lowest BCUT2D eigenvalue weighted by molar-refractivity contribution is 0.403. The third-order valence-electron chi connectivity index (χ3n) is 2.47. The molecule has 2 aromatic rings. The van der Waals surface area contributed by atoms with E-state index in [0.29, 0.717) is 17.3 Å². The highest BCUT2D eigenvalue weighted by Gasteiger charge is 2.03. The third-order valence-corrected chi connectivity index (χ3v) is 2.72. The molecular weight excluding hydrogens is 238 g/mol. The number of ether oxygens (including phenoxy) is 1. The van der Waals surface area contributed by atoms with E-state index in [1.807, 2.05) is 24.3 Å². The molecule has 1 aromatic heterocycles. The van der Waals surface area contributed by atoms with E-state index >= 15 is 0 Å². The average molecular weight is 250 g/mol. The summed E-state index contributed by atoms with van der Waals surface area (Å²) in [5.41, 5.74) is 0.884. The Hall–Kier alpha value is -1.74. The molecule has 0 saturated carbocycles. The molecule has 0 spiro atoms. The van der Waals surface area contributed by atoms with Crippen LogP contribution in [0.1, 0.15) is 5.56 Å². The van der Waals surface area contributed by atoms with Gasteiger partial charge in [0, 0.05) is 11.2 Å². The van der Waals surface area contributed by atoms with E-state index in [2.05, 4.69) is 0 Å². The number of hydrogen-bond acceptors (Lipinski definition) is 2. The molecule has 0 N–H and O–H groups in total. The summed E-state index contributed by atoms with van der Waals surface area (Å²) in [6, 6.07) is 10.9. The van der Waals surface area contributed by atoms with E-state index in [1.165, 1.54) is 7.11 Å². The number of aromatic nitrogens is 1. The summed E-state index contributed by atoms with van der Waals surface area (Å²) >= 11 is 5.81. The van der Waals surface area contributed by atoms with Crippen LogP contribution in [0, 0.1) is 0 Å². The summed E-state index contributed by atoms with van der Waals surface area (Å²) in [5, 5.41) is 0.687. The topological polar surface area (TPSA) is 31.2 Å². The fraction of sp³-hybridized carbons (Fsp3) is 0.154. The number of hydrogen-bond donors (Lipinski definition) is 0. The Morgan fingerprint density at radius 3 is 2.59 bits per heavy atom. The summed E-state index contributed by atoms with van der Waals surface area (Å²) in [6.07, 6.45) is 1.74. The van der Waals surface area contributed by atoms with E-state index in [0.717, 1.165) is 5.56 Å². The molecule has 1 aromatic carbocycles. The van der Waals surface area contributed by atoms with Crippen molar-refractivity contribution < 1.29 is 4.74 Å². The van der Waals surface area contributed by atoms with Crippen molar-refractivity contribution in [1.82, 2.24) is 4.57 Å². The van der Waals surface area contributed by atoms with Crippen molar-refractivity contribution in [1.29, 1.82) is 0 Å². The smallest absolute Gasteiger partial charge is 0.293 e. The standard InChI is InChI=1S/C13H12ClNO2/c1-17-12-3-2-8-15(13(12)16)9-10-4-6-11(14)7-5-10/h2-8H,9H2,1H3. The molecule has 0 unspecified atom stereocenters. The van der Waals surface area contributed by atoms with Crippen molar-refractivity contribution in [2.24, 2.45) is 0 Å². The maximum absolute atomic E-state index is 11.9. The van der Waals surface area contributed by atoms with Gasteiger partial charge in [-0.2, -0.15) is 0 Å². The monoisotopic (exact) mass is 249 g/mol. The Morgan fingerprint density at radius 1 is 1.24 bits per heavy atom. The fourth-order valence-corrected chi connectivity index (χ4v) is 1.71. The van der Waals surface area contributed by atoms with Gasteiger partial charge in [-0.25, -0.2) is 0 Å². The maximum atomic E-state index is 11.9. The van der Waals surface area contributed by atoms with E-state index in [4.69, 9.17) is 16.3 Å². The van der Waals surface area contributed by atoms with Crippen LogP contribution in [0.25, 0.3) is 0 Å². The highest BCUT2D eigenvalue weighted by Crippen LogP contribution is 2.10. The summed E-state index contributed by atoms with van der Waals surface area (Å²) in [4.78, 5) is 11.9. The van der Waals surface area contributed by atoms with Gasteiger partial charge in [0.1, 0.15) is 0 Å². The zero-order valence-electron chi connectivity index (χ0n) is 9.39. The number of pyridine rings is 1.